The fourth-order valence-corrected chi connectivity index (χ4v) is 2.04. The normalized spacial score (nSPS) is 11.7. The first kappa shape index (κ1) is 14.5. The molecule has 0 saturated carbocycles. The van der Waals surface area contributed by atoms with Crippen molar-refractivity contribution in [2.24, 2.45) is 5.92 Å². The highest BCUT2D eigenvalue weighted by molar-refractivity contribution is 6.31. The number of nitrogens with zero attached hydrogens (tertiary/aromatic N) is 2. The number of nitrogens with one attached hydrogen (secondary N) is 1. The van der Waals surface area contributed by atoms with Gasteiger partial charge in [-0.1, -0.05) is 25.4 Å². The second-order valence-electron chi connectivity index (χ2n) is 5.18. The van der Waals surface area contributed by atoms with Crippen molar-refractivity contribution in [3.8, 4) is 0 Å². The summed E-state index contributed by atoms with van der Waals surface area (Å²) in [6, 6.07) is 0.376. The van der Waals surface area contributed by atoms with E-state index in [0.29, 0.717) is 12.0 Å². The van der Waals surface area contributed by atoms with E-state index in [4.69, 9.17) is 11.6 Å². The van der Waals surface area contributed by atoms with E-state index < -0.39 is 0 Å². The van der Waals surface area contributed by atoms with Gasteiger partial charge < -0.3 is 5.32 Å². The highest BCUT2D eigenvalue weighted by atomic mass is 35.5. The minimum atomic E-state index is 0.376. The van der Waals surface area contributed by atoms with Crippen molar-refractivity contribution in [1.82, 2.24) is 15.1 Å². The van der Waals surface area contributed by atoms with E-state index in [-0.39, 0.29) is 0 Å². The Morgan fingerprint density at radius 1 is 1.35 bits per heavy atom. The number of halogens is 1. The van der Waals surface area contributed by atoms with Gasteiger partial charge in [-0.05, 0) is 45.7 Å². The lowest BCUT2D eigenvalue weighted by Gasteiger charge is -2.12. The molecule has 3 nitrogen and oxygen atoms in total. The second-order valence-corrected chi connectivity index (χ2v) is 5.59. The molecule has 1 rings (SSSR count). The van der Waals surface area contributed by atoms with Crippen molar-refractivity contribution in [2.75, 3.05) is 13.1 Å². The Morgan fingerprint density at radius 3 is 2.65 bits per heavy atom. The van der Waals surface area contributed by atoms with Gasteiger partial charge in [0.1, 0.15) is 0 Å². The molecule has 1 N–H and O–H groups in total. The first-order valence-electron chi connectivity index (χ1n) is 6.45. The minimum Gasteiger partial charge on any atom is -0.316 e. The molecule has 1 heterocycles. The standard InChI is InChI=1S/C13H24ClN3/c1-10(2)8-15-7-5-6-13-12(14)9-16-17(13)11(3)4/h9-11,15H,5-8H2,1-4H3. The molecule has 1 aromatic rings. The Labute approximate surface area is 110 Å². The summed E-state index contributed by atoms with van der Waals surface area (Å²) >= 11 is 6.15. The highest BCUT2D eigenvalue weighted by Crippen LogP contribution is 2.20. The van der Waals surface area contributed by atoms with Gasteiger partial charge in [-0.2, -0.15) is 5.10 Å². The van der Waals surface area contributed by atoms with Crippen LogP contribution in [0.2, 0.25) is 5.02 Å². The molecule has 0 spiro atoms. The lowest BCUT2D eigenvalue weighted by atomic mass is 10.2. The van der Waals surface area contributed by atoms with Crippen LogP contribution >= 0.6 is 11.6 Å². The lowest BCUT2D eigenvalue weighted by molar-refractivity contribution is 0.496. The van der Waals surface area contributed by atoms with E-state index in [2.05, 4.69) is 38.1 Å². The quantitative estimate of drug-likeness (QED) is 0.760. The topological polar surface area (TPSA) is 29.9 Å². The maximum atomic E-state index is 6.15. The molecule has 0 aromatic carbocycles. The smallest absolute Gasteiger partial charge is 0.0817 e. The van der Waals surface area contributed by atoms with Gasteiger partial charge in [0.25, 0.3) is 0 Å². The van der Waals surface area contributed by atoms with Crippen LogP contribution in [0.25, 0.3) is 0 Å². The fourth-order valence-electron chi connectivity index (χ4n) is 1.82. The Hall–Kier alpha value is -0.540. The molecule has 1 aromatic heterocycles. The third kappa shape index (κ3) is 4.68. The molecule has 98 valence electrons. The Kier molecular flexibility index (Phi) is 6.00. The van der Waals surface area contributed by atoms with Crippen LogP contribution in [-0.2, 0) is 6.42 Å². The summed E-state index contributed by atoms with van der Waals surface area (Å²) in [6.07, 6.45) is 3.84. The first-order valence-corrected chi connectivity index (χ1v) is 6.82. The van der Waals surface area contributed by atoms with Crippen molar-refractivity contribution in [3.05, 3.63) is 16.9 Å². The summed E-state index contributed by atoms with van der Waals surface area (Å²) in [4.78, 5) is 0. The van der Waals surface area contributed by atoms with Crippen LogP contribution in [0.5, 0.6) is 0 Å². The molecular formula is C13H24ClN3. The van der Waals surface area contributed by atoms with Gasteiger partial charge in [0, 0.05) is 6.04 Å². The maximum Gasteiger partial charge on any atom is 0.0817 e. The Bertz CT molecular complexity index is 331. The van der Waals surface area contributed by atoms with Crippen molar-refractivity contribution < 1.29 is 0 Å². The van der Waals surface area contributed by atoms with Gasteiger partial charge in [-0.15, -0.1) is 0 Å². The average molecular weight is 258 g/mol. The summed E-state index contributed by atoms with van der Waals surface area (Å²) in [5.41, 5.74) is 1.16. The average Bonchev–Trinajstić information content (AvgIpc) is 2.59. The largest absolute Gasteiger partial charge is 0.316 e. The molecule has 0 aliphatic carbocycles. The van der Waals surface area contributed by atoms with Crippen LogP contribution in [0, 0.1) is 5.92 Å². The third-order valence-corrected chi connectivity index (χ3v) is 2.97. The molecule has 0 bridgehead atoms. The van der Waals surface area contributed by atoms with Crippen molar-refractivity contribution in [1.29, 1.82) is 0 Å². The molecule has 0 unspecified atom stereocenters. The second kappa shape index (κ2) is 7.02. The molecule has 0 saturated heterocycles. The highest BCUT2D eigenvalue weighted by Gasteiger charge is 2.10. The van der Waals surface area contributed by atoms with E-state index in [0.717, 1.165) is 36.6 Å². The van der Waals surface area contributed by atoms with Crippen LogP contribution in [0.4, 0.5) is 0 Å². The van der Waals surface area contributed by atoms with Gasteiger partial charge in [-0.3, -0.25) is 4.68 Å². The Balaban J connectivity index is 2.38. The molecule has 17 heavy (non-hydrogen) atoms. The monoisotopic (exact) mass is 257 g/mol. The first-order chi connectivity index (χ1) is 8.02. The number of hydrogen-bond acceptors (Lipinski definition) is 2. The van der Waals surface area contributed by atoms with Gasteiger partial charge in [-0.25, -0.2) is 0 Å². The van der Waals surface area contributed by atoms with E-state index >= 15 is 0 Å². The molecule has 4 heteroatoms. The summed E-state index contributed by atoms with van der Waals surface area (Å²) in [5, 5.41) is 8.54. The number of rotatable bonds is 7. The fraction of sp³-hybridized carbons (Fsp3) is 0.769. The van der Waals surface area contributed by atoms with E-state index in [1.54, 1.807) is 6.20 Å². The summed E-state index contributed by atoms with van der Waals surface area (Å²) in [6.45, 7) is 10.8. The van der Waals surface area contributed by atoms with Crippen molar-refractivity contribution in [2.45, 2.75) is 46.6 Å². The van der Waals surface area contributed by atoms with E-state index in [1.165, 1.54) is 0 Å². The number of hydrogen-bond donors (Lipinski definition) is 1. The summed E-state index contributed by atoms with van der Waals surface area (Å²) < 4.78 is 2.02. The van der Waals surface area contributed by atoms with E-state index in [9.17, 15) is 0 Å². The van der Waals surface area contributed by atoms with Crippen molar-refractivity contribution in [3.63, 3.8) is 0 Å². The van der Waals surface area contributed by atoms with Gasteiger partial charge in [0.05, 0.1) is 16.9 Å². The van der Waals surface area contributed by atoms with Crippen LogP contribution in [-0.4, -0.2) is 22.9 Å². The Morgan fingerprint density at radius 2 is 2.06 bits per heavy atom. The zero-order valence-electron chi connectivity index (χ0n) is 11.3. The summed E-state index contributed by atoms with van der Waals surface area (Å²) in [5.74, 6) is 0.708. The van der Waals surface area contributed by atoms with Crippen LogP contribution < -0.4 is 5.32 Å². The van der Waals surface area contributed by atoms with Crippen LogP contribution in [0.1, 0.15) is 45.9 Å². The molecule has 0 amide bonds. The van der Waals surface area contributed by atoms with Crippen LogP contribution in [0.15, 0.2) is 6.20 Å². The lowest BCUT2D eigenvalue weighted by Crippen LogP contribution is -2.21. The summed E-state index contributed by atoms with van der Waals surface area (Å²) in [7, 11) is 0. The van der Waals surface area contributed by atoms with Crippen LogP contribution in [0.3, 0.4) is 0 Å². The number of aromatic nitrogens is 2. The zero-order chi connectivity index (χ0) is 12.8. The van der Waals surface area contributed by atoms with E-state index in [1.807, 2.05) is 4.68 Å². The molecular weight excluding hydrogens is 234 g/mol. The maximum absolute atomic E-state index is 6.15. The molecule has 0 radical (unpaired) electrons. The van der Waals surface area contributed by atoms with Gasteiger partial charge in [0.15, 0.2) is 0 Å². The van der Waals surface area contributed by atoms with Gasteiger partial charge in [0.2, 0.25) is 0 Å². The third-order valence-electron chi connectivity index (χ3n) is 2.66. The SMILES string of the molecule is CC(C)CNCCCc1c(Cl)cnn1C(C)C. The molecule has 0 atom stereocenters. The molecule has 0 aliphatic rings. The molecule has 0 aliphatic heterocycles. The minimum absolute atomic E-state index is 0.376. The van der Waals surface area contributed by atoms with Gasteiger partial charge >= 0.3 is 0 Å². The van der Waals surface area contributed by atoms with Crippen molar-refractivity contribution >= 4 is 11.6 Å². The predicted octanol–water partition coefficient (Wildman–Crippen LogP) is 3.30. The predicted molar refractivity (Wildman–Crippen MR) is 73.7 cm³/mol. The zero-order valence-corrected chi connectivity index (χ0v) is 12.1. The molecule has 0 fully saturated rings.